The van der Waals surface area contributed by atoms with E-state index in [1.54, 1.807) is 30.2 Å². The fourth-order valence-corrected chi connectivity index (χ4v) is 3.12. The Labute approximate surface area is 165 Å². The van der Waals surface area contributed by atoms with E-state index < -0.39 is 0 Å². The second-order valence-electron chi connectivity index (χ2n) is 6.78. The molecule has 2 aromatic rings. The zero-order valence-corrected chi connectivity index (χ0v) is 16.3. The molecule has 0 radical (unpaired) electrons. The van der Waals surface area contributed by atoms with Gasteiger partial charge >= 0.3 is 0 Å². The van der Waals surface area contributed by atoms with Crippen LogP contribution in [-0.2, 0) is 4.79 Å². The van der Waals surface area contributed by atoms with Crippen molar-refractivity contribution in [3.05, 3.63) is 70.9 Å². The quantitative estimate of drug-likeness (QED) is 0.765. The number of aryl methyl sites for hydroxylation is 1. The SMILES string of the molecule is COc1ccccc1/C=C(/NC(=O)c1ccc(C)cc1)C(=O)N1CC[NH2+]CC1. The summed E-state index contributed by atoms with van der Waals surface area (Å²) in [6.45, 7) is 5.00. The Morgan fingerprint density at radius 1 is 1.07 bits per heavy atom. The standard InChI is InChI=1S/C22H25N3O3/c1-16-7-9-17(10-8-16)21(26)24-19(22(27)25-13-11-23-12-14-25)15-18-5-3-4-6-20(18)28-2/h3-10,15,23H,11-14H2,1-2H3,(H,24,26)/p+1/b19-15+. The van der Waals surface area contributed by atoms with E-state index >= 15 is 0 Å². The normalized spacial score (nSPS) is 14.5. The number of nitrogens with one attached hydrogen (secondary N) is 1. The minimum atomic E-state index is -0.307. The van der Waals surface area contributed by atoms with Gasteiger partial charge in [-0.1, -0.05) is 35.9 Å². The Kier molecular flexibility index (Phi) is 6.45. The number of methoxy groups -OCH3 is 1. The summed E-state index contributed by atoms with van der Waals surface area (Å²) >= 11 is 0. The Hall–Kier alpha value is -3.12. The third-order valence-corrected chi connectivity index (χ3v) is 4.72. The first-order valence-electron chi connectivity index (χ1n) is 9.42. The summed E-state index contributed by atoms with van der Waals surface area (Å²) in [5.41, 5.74) is 2.57. The van der Waals surface area contributed by atoms with Crippen molar-refractivity contribution in [3.8, 4) is 5.75 Å². The number of para-hydroxylation sites is 1. The molecule has 1 aliphatic rings. The van der Waals surface area contributed by atoms with Gasteiger partial charge in [0.15, 0.2) is 0 Å². The lowest BCUT2D eigenvalue weighted by Gasteiger charge is -2.26. The van der Waals surface area contributed by atoms with E-state index in [9.17, 15) is 9.59 Å². The van der Waals surface area contributed by atoms with Crippen LogP contribution < -0.4 is 15.4 Å². The fourth-order valence-electron chi connectivity index (χ4n) is 3.12. The van der Waals surface area contributed by atoms with Crippen molar-refractivity contribution in [1.82, 2.24) is 10.2 Å². The van der Waals surface area contributed by atoms with Gasteiger partial charge in [-0.15, -0.1) is 0 Å². The van der Waals surface area contributed by atoms with Gasteiger partial charge in [0, 0.05) is 11.1 Å². The smallest absolute Gasteiger partial charge is 0.270 e. The molecule has 0 atom stereocenters. The summed E-state index contributed by atoms with van der Waals surface area (Å²) in [5.74, 6) is 0.155. The third-order valence-electron chi connectivity index (χ3n) is 4.72. The van der Waals surface area contributed by atoms with Crippen LogP contribution in [0.15, 0.2) is 54.2 Å². The minimum Gasteiger partial charge on any atom is -0.496 e. The Bertz CT molecular complexity index is 869. The van der Waals surface area contributed by atoms with Crippen LogP contribution in [0.1, 0.15) is 21.5 Å². The number of nitrogens with zero attached hydrogens (tertiary/aromatic N) is 1. The molecule has 2 amide bonds. The van der Waals surface area contributed by atoms with Crippen molar-refractivity contribution >= 4 is 17.9 Å². The summed E-state index contributed by atoms with van der Waals surface area (Å²) in [4.78, 5) is 27.6. The molecule has 2 aromatic carbocycles. The highest BCUT2D eigenvalue weighted by molar-refractivity contribution is 6.05. The highest BCUT2D eigenvalue weighted by Crippen LogP contribution is 2.20. The van der Waals surface area contributed by atoms with E-state index in [0.717, 1.165) is 24.2 Å². The molecule has 0 bridgehead atoms. The first-order chi connectivity index (χ1) is 13.6. The number of hydrogen-bond donors (Lipinski definition) is 2. The molecule has 1 heterocycles. The van der Waals surface area contributed by atoms with Gasteiger partial charge < -0.3 is 20.3 Å². The van der Waals surface area contributed by atoms with Crippen LogP contribution in [-0.4, -0.2) is 50.0 Å². The summed E-state index contributed by atoms with van der Waals surface area (Å²) in [5, 5.41) is 4.99. The van der Waals surface area contributed by atoms with Crippen LogP contribution in [0.4, 0.5) is 0 Å². The number of benzene rings is 2. The zero-order chi connectivity index (χ0) is 19.9. The lowest BCUT2D eigenvalue weighted by atomic mass is 10.1. The largest absolute Gasteiger partial charge is 0.496 e. The number of ether oxygens (including phenoxy) is 1. The van der Waals surface area contributed by atoms with Crippen LogP contribution >= 0.6 is 0 Å². The van der Waals surface area contributed by atoms with Crippen LogP contribution in [0.3, 0.4) is 0 Å². The molecule has 3 rings (SSSR count). The first kappa shape index (κ1) is 19.6. The number of piperazine rings is 1. The number of nitrogens with two attached hydrogens (primary N) is 1. The topological polar surface area (TPSA) is 75.2 Å². The average Bonchev–Trinajstić information content (AvgIpc) is 2.74. The Morgan fingerprint density at radius 3 is 2.43 bits per heavy atom. The van der Waals surface area contributed by atoms with Gasteiger partial charge in [-0.05, 0) is 31.2 Å². The molecule has 146 valence electrons. The predicted octanol–water partition coefficient (Wildman–Crippen LogP) is 1.18. The number of hydrogen-bond acceptors (Lipinski definition) is 3. The van der Waals surface area contributed by atoms with Crippen LogP contribution in [0, 0.1) is 6.92 Å². The molecule has 0 saturated carbocycles. The molecule has 1 fully saturated rings. The summed E-state index contributed by atoms with van der Waals surface area (Å²) in [6, 6.07) is 14.7. The molecular formula is C22H26N3O3+. The minimum absolute atomic E-state index is 0.181. The Morgan fingerprint density at radius 2 is 1.75 bits per heavy atom. The molecular weight excluding hydrogens is 354 g/mol. The fraction of sp³-hybridized carbons (Fsp3) is 0.273. The second-order valence-corrected chi connectivity index (χ2v) is 6.78. The van der Waals surface area contributed by atoms with Gasteiger partial charge in [0.05, 0.1) is 33.3 Å². The van der Waals surface area contributed by atoms with Crippen molar-refractivity contribution in [1.29, 1.82) is 0 Å². The van der Waals surface area contributed by atoms with Gasteiger partial charge in [0.2, 0.25) is 0 Å². The average molecular weight is 380 g/mol. The molecule has 1 saturated heterocycles. The molecule has 0 aromatic heterocycles. The van der Waals surface area contributed by atoms with E-state index in [0.29, 0.717) is 24.4 Å². The predicted molar refractivity (Wildman–Crippen MR) is 108 cm³/mol. The summed E-state index contributed by atoms with van der Waals surface area (Å²) < 4.78 is 5.39. The van der Waals surface area contributed by atoms with E-state index in [1.807, 2.05) is 43.3 Å². The van der Waals surface area contributed by atoms with Gasteiger partial charge in [-0.2, -0.15) is 0 Å². The van der Waals surface area contributed by atoms with Gasteiger partial charge in [-0.3, -0.25) is 9.59 Å². The number of carbonyl (C=O) groups is 2. The van der Waals surface area contributed by atoms with Crippen LogP contribution in [0.2, 0.25) is 0 Å². The summed E-state index contributed by atoms with van der Waals surface area (Å²) in [7, 11) is 1.58. The maximum Gasteiger partial charge on any atom is 0.270 e. The van der Waals surface area contributed by atoms with Gasteiger partial charge in [0.25, 0.3) is 11.8 Å². The van der Waals surface area contributed by atoms with Crippen LogP contribution in [0.25, 0.3) is 6.08 Å². The van der Waals surface area contributed by atoms with E-state index in [4.69, 9.17) is 4.74 Å². The molecule has 6 nitrogen and oxygen atoms in total. The maximum absolute atomic E-state index is 13.1. The molecule has 0 unspecified atom stereocenters. The third kappa shape index (κ3) is 4.78. The lowest BCUT2D eigenvalue weighted by Crippen LogP contribution is -2.90. The first-order valence-corrected chi connectivity index (χ1v) is 9.42. The molecule has 3 N–H and O–H groups in total. The van der Waals surface area contributed by atoms with Gasteiger partial charge in [0.1, 0.15) is 11.4 Å². The molecule has 0 aliphatic carbocycles. The Balaban J connectivity index is 1.91. The number of rotatable bonds is 5. The number of carbonyl (C=O) groups excluding carboxylic acids is 2. The van der Waals surface area contributed by atoms with Crippen molar-refractivity contribution in [2.45, 2.75) is 6.92 Å². The highest BCUT2D eigenvalue weighted by Gasteiger charge is 2.23. The van der Waals surface area contributed by atoms with E-state index in [2.05, 4.69) is 10.6 Å². The van der Waals surface area contributed by atoms with Crippen LogP contribution in [0.5, 0.6) is 5.75 Å². The number of amides is 2. The molecule has 6 heteroatoms. The van der Waals surface area contributed by atoms with Crippen molar-refractivity contribution in [2.75, 3.05) is 33.3 Å². The van der Waals surface area contributed by atoms with Crippen molar-refractivity contribution in [3.63, 3.8) is 0 Å². The van der Waals surface area contributed by atoms with E-state index in [1.165, 1.54) is 0 Å². The maximum atomic E-state index is 13.1. The highest BCUT2D eigenvalue weighted by atomic mass is 16.5. The molecule has 0 spiro atoms. The van der Waals surface area contributed by atoms with Gasteiger partial charge in [-0.25, -0.2) is 0 Å². The monoisotopic (exact) mass is 380 g/mol. The lowest BCUT2D eigenvalue weighted by molar-refractivity contribution is -0.662. The molecule has 28 heavy (non-hydrogen) atoms. The second kappa shape index (κ2) is 9.19. The van der Waals surface area contributed by atoms with E-state index in [-0.39, 0.29) is 17.5 Å². The van der Waals surface area contributed by atoms with Crippen molar-refractivity contribution < 1.29 is 19.6 Å². The zero-order valence-electron chi connectivity index (χ0n) is 16.3. The van der Waals surface area contributed by atoms with Crippen molar-refractivity contribution in [2.24, 2.45) is 0 Å². The number of quaternary nitrogens is 1. The molecule has 1 aliphatic heterocycles. The summed E-state index contributed by atoms with van der Waals surface area (Å²) in [6.07, 6.45) is 1.69.